The van der Waals surface area contributed by atoms with Crippen molar-refractivity contribution in [2.75, 3.05) is 18.4 Å². The van der Waals surface area contributed by atoms with Gasteiger partial charge in [0.15, 0.2) is 0 Å². The first-order valence-electron chi connectivity index (χ1n) is 8.18. The largest absolute Gasteiger partial charge is 0.480 e. The third kappa shape index (κ3) is 7.51. The van der Waals surface area contributed by atoms with E-state index in [2.05, 4.69) is 21.2 Å². The van der Waals surface area contributed by atoms with Crippen molar-refractivity contribution in [2.45, 2.75) is 58.1 Å². The monoisotopic (exact) mass is 406 g/mol. The standard InChI is InChI=1S/C16H27BrN2O5/c1-16(2,3)24-15(23)18-12(14(21)22)6-4-5-7-19-10-11(9-17)8-13(19)20/h11-12H,4-10H2,1-3H3,(H,18,23)(H,21,22)/t11?,12-/m0/s1. The molecule has 1 fully saturated rings. The van der Waals surface area contributed by atoms with Crippen LogP contribution < -0.4 is 5.32 Å². The number of alkyl halides is 1. The number of carbonyl (C=O) groups is 3. The molecule has 138 valence electrons. The van der Waals surface area contributed by atoms with Crippen molar-refractivity contribution in [3.63, 3.8) is 0 Å². The van der Waals surface area contributed by atoms with Crippen LogP contribution >= 0.6 is 15.9 Å². The number of rotatable bonds is 8. The zero-order valence-corrected chi connectivity index (χ0v) is 16.1. The van der Waals surface area contributed by atoms with Crippen molar-refractivity contribution < 1.29 is 24.2 Å². The molecular formula is C16H27BrN2O5. The molecule has 8 heteroatoms. The summed E-state index contributed by atoms with van der Waals surface area (Å²) in [7, 11) is 0. The molecule has 0 aromatic heterocycles. The maximum Gasteiger partial charge on any atom is 0.408 e. The number of halogens is 1. The van der Waals surface area contributed by atoms with Crippen molar-refractivity contribution in [3.8, 4) is 0 Å². The molecule has 1 aliphatic heterocycles. The zero-order valence-electron chi connectivity index (χ0n) is 14.5. The van der Waals surface area contributed by atoms with Gasteiger partial charge in [0.1, 0.15) is 11.6 Å². The molecule has 0 radical (unpaired) electrons. The second-order valence-corrected chi connectivity index (χ2v) is 7.74. The average molecular weight is 407 g/mol. The van der Waals surface area contributed by atoms with E-state index in [4.69, 9.17) is 4.74 Å². The van der Waals surface area contributed by atoms with E-state index in [9.17, 15) is 19.5 Å². The third-order valence-corrected chi connectivity index (χ3v) is 4.59. The summed E-state index contributed by atoms with van der Waals surface area (Å²) in [4.78, 5) is 36.5. The van der Waals surface area contributed by atoms with Gasteiger partial charge in [0.05, 0.1) is 0 Å². The first-order chi connectivity index (χ1) is 11.1. The van der Waals surface area contributed by atoms with Gasteiger partial charge < -0.3 is 20.1 Å². The summed E-state index contributed by atoms with van der Waals surface area (Å²) in [6, 6.07) is -0.982. The highest BCUT2D eigenvalue weighted by molar-refractivity contribution is 9.09. The first-order valence-corrected chi connectivity index (χ1v) is 9.30. The summed E-state index contributed by atoms with van der Waals surface area (Å²) in [6.45, 7) is 6.53. The van der Waals surface area contributed by atoms with Gasteiger partial charge in [0.25, 0.3) is 0 Å². The highest BCUT2D eigenvalue weighted by atomic mass is 79.9. The van der Waals surface area contributed by atoms with Gasteiger partial charge in [-0.25, -0.2) is 9.59 Å². The van der Waals surface area contributed by atoms with Gasteiger partial charge in [0, 0.05) is 24.8 Å². The molecule has 0 spiro atoms. The molecule has 1 unspecified atom stereocenters. The number of carboxylic acids is 1. The number of likely N-dealkylation sites (tertiary alicyclic amines) is 1. The number of nitrogens with zero attached hydrogens (tertiary/aromatic N) is 1. The van der Waals surface area contributed by atoms with E-state index in [0.717, 1.165) is 11.9 Å². The number of amides is 2. The molecule has 2 amide bonds. The smallest absolute Gasteiger partial charge is 0.408 e. The Morgan fingerprint density at radius 1 is 1.42 bits per heavy atom. The van der Waals surface area contributed by atoms with Gasteiger partial charge in [-0.1, -0.05) is 15.9 Å². The molecule has 7 nitrogen and oxygen atoms in total. The Balaban J connectivity index is 2.33. The fourth-order valence-electron chi connectivity index (χ4n) is 2.53. The van der Waals surface area contributed by atoms with Gasteiger partial charge >= 0.3 is 12.1 Å². The van der Waals surface area contributed by atoms with E-state index in [0.29, 0.717) is 38.1 Å². The molecule has 1 saturated heterocycles. The van der Waals surface area contributed by atoms with E-state index in [1.54, 1.807) is 20.8 Å². The first kappa shape index (κ1) is 20.7. The molecule has 1 heterocycles. The van der Waals surface area contributed by atoms with Crippen LogP contribution in [0.3, 0.4) is 0 Å². The van der Waals surface area contributed by atoms with Gasteiger partial charge in [-0.15, -0.1) is 0 Å². The molecule has 1 rings (SSSR count). The average Bonchev–Trinajstić information content (AvgIpc) is 2.80. The van der Waals surface area contributed by atoms with E-state index < -0.39 is 23.7 Å². The summed E-state index contributed by atoms with van der Waals surface area (Å²) in [5.74, 6) is -0.573. The molecule has 0 aromatic rings. The number of carbonyl (C=O) groups excluding carboxylic acids is 2. The Bertz CT molecular complexity index is 464. The summed E-state index contributed by atoms with van der Waals surface area (Å²) in [5, 5.41) is 12.4. The van der Waals surface area contributed by atoms with Gasteiger partial charge in [-0.3, -0.25) is 4.79 Å². The summed E-state index contributed by atoms with van der Waals surface area (Å²) in [5.41, 5.74) is -0.671. The van der Waals surface area contributed by atoms with Gasteiger partial charge in [0.2, 0.25) is 5.91 Å². The number of hydrogen-bond acceptors (Lipinski definition) is 4. The van der Waals surface area contributed by atoms with Crippen LogP contribution in [0.1, 0.15) is 46.5 Å². The molecule has 0 bridgehead atoms. The summed E-state index contributed by atoms with van der Waals surface area (Å²) >= 11 is 3.40. The van der Waals surface area contributed by atoms with E-state index >= 15 is 0 Å². The molecule has 0 aromatic carbocycles. The second kappa shape index (κ2) is 9.25. The highest BCUT2D eigenvalue weighted by Crippen LogP contribution is 2.20. The quantitative estimate of drug-likeness (QED) is 0.476. The number of aliphatic carboxylic acids is 1. The maximum absolute atomic E-state index is 11.8. The van der Waals surface area contributed by atoms with Crippen LogP contribution in [0.25, 0.3) is 0 Å². The fourth-order valence-corrected chi connectivity index (χ4v) is 2.97. The molecular weight excluding hydrogens is 380 g/mol. The Labute approximate surface area is 151 Å². The second-order valence-electron chi connectivity index (χ2n) is 7.10. The number of ether oxygens (including phenoxy) is 1. The van der Waals surface area contributed by atoms with Crippen molar-refractivity contribution in [2.24, 2.45) is 5.92 Å². The lowest BCUT2D eigenvalue weighted by Gasteiger charge is -2.22. The number of unbranched alkanes of at least 4 members (excludes halogenated alkanes) is 1. The molecule has 2 atom stereocenters. The topological polar surface area (TPSA) is 95.9 Å². The number of alkyl carbamates (subject to hydrolysis) is 1. The number of carboxylic acid groups (broad SMARTS) is 1. The minimum Gasteiger partial charge on any atom is -0.480 e. The molecule has 0 saturated carbocycles. The Morgan fingerprint density at radius 2 is 2.08 bits per heavy atom. The lowest BCUT2D eigenvalue weighted by molar-refractivity contribution is -0.139. The van der Waals surface area contributed by atoms with Crippen LogP contribution in [-0.2, 0) is 14.3 Å². The predicted octanol–water partition coefficient (Wildman–Crippen LogP) is 2.38. The van der Waals surface area contributed by atoms with Crippen molar-refractivity contribution in [3.05, 3.63) is 0 Å². The SMILES string of the molecule is CC(C)(C)OC(=O)N[C@@H](CCCCN1CC(CBr)CC1=O)C(=O)O. The highest BCUT2D eigenvalue weighted by Gasteiger charge is 2.28. The van der Waals surface area contributed by atoms with Gasteiger partial charge in [-0.2, -0.15) is 0 Å². The van der Waals surface area contributed by atoms with Crippen molar-refractivity contribution >= 4 is 33.9 Å². The summed E-state index contributed by atoms with van der Waals surface area (Å²) in [6.07, 6.45) is 1.46. The molecule has 24 heavy (non-hydrogen) atoms. The zero-order chi connectivity index (χ0) is 18.3. The predicted molar refractivity (Wildman–Crippen MR) is 93.1 cm³/mol. The normalized spacial score (nSPS) is 19.2. The van der Waals surface area contributed by atoms with Crippen LogP contribution in [0.5, 0.6) is 0 Å². The molecule has 0 aliphatic carbocycles. The van der Waals surface area contributed by atoms with E-state index in [1.165, 1.54) is 0 Å². The van der Waals surface area contributed by atoms with Gasteiger partial charge in [-0.05, 0) is 46.0 Å². The lowest BCUT2D eigenvalue weighted by atomic mass is 10.1. The number of nitrogens with one attached hydrogen (secondary N) is 1. The van der Waals surface area contributed by atoms with Crippen LogP contribution in [0.2, 0.25) is 0 Å². The fraction of sp³-hybridized carbons (Fsp3) is 0.812. The lowest BCUT2D eigenvalue weighted by Crippen LogP contribution is -2.43. The van der Waals surface area contributed by atoms with E-state index in [-0.39, 0.29) is 5.91 Å². The van der Waals surface area contributed by atoms with Crippen LogP contribution in [-0.4, -0.2) is 58.0 Å². The van der Waals surface area contributed by atoms with Crippen molar-refractivity contribution in [1.29, 1.82) is 0 Å². The van der Waals surface area contributed by atoms with Crippen LogP contribution in [0.4, 0.5) is 4.79 Å². The molecule has 1 aliphatic rings. The minimum atomic E-state index is -1.09. The van der Waals surface area contributed by atoms with E-state index in [1.807, 2.05) is 4.90 Å². The van der Waals surface area contributed by atoms with Crippen LogP contribution in [0, 0.1) is 5.92 Å². The maximum atomic E-state index is 11.8. The summed E-state index contributed by atoms with van der Waals surface area (Å²) < 4.78 is 5.07. The molecule has 2 N–H and O–H groups in total. The Hall–Kier alpha value is -1.31. The third-order valence-electron chi connectivity index (χ3n) is 3.67. The van der Waals surface area contributed by atoms with Crippen LogP contribution in [0.15, 0.2) is 0 Å². The number of hydrogen-bond donors (Lipinski definition) is 2. The Morgan fingerprint density at radius 3 is 2.58 bits per heavy atom. The van der Waals surface area contributed by atoms with Crippen molar-refractivity contribution in [1.82, 2.24) is 10.2 Å². The Kier molecular flexibility index (Phi) is 7.99. The minimum absolute atomic E-state index is 0.154.